The molecular formula is C16H29F3IN3. The van der Waals surface area contributed by atoms with Gasteiger partial charge in [-0.25, -0.2) is 0 Å². The molecule has 0 radical (unpaired) electrons. The second kappa shape index (κ2) is 9.93. The molecule has 136 valence electrons. The molecule has 0 aromatic rings. The lowest BCUT2D eigenvalue weighted by Crippen LogP contribution is -2.46. The minimum atomic E-state index is -4.07. The van der Waals surface area contributed by atoms with Crippen molar-refractivity contribution in [1.82, 2.24) is 10.6 Å². The highest BCUT2D eigenvalue weighted by atomic mass is 127. The van der Waals surface area contributed by atoms with Crippen molar-refractivity contribution >= 4 is 29.9 Å². The molecular weight excluding hydrogens is 418 g/mol. The molecule has 0 aromatic heterocycles. The Hall–Kier alpha value is -0.210. The summed E-state index contributed by atoms with van der Waals surface area (Å²) in [7, 11) is 0. The third-order valence-electron chi connectivity index (χ3n) is 4.56. The van der Waals surface area contributed by atoms with E-state index in [0.29, 0.717) is 12.4 Å². The molecule has 0 heterocycles. The summed E-state index contributed by atoms with van der Waals surface area (Å²) < 4.78 is 38.6. The van der Waals surface area contributed by atoms with Crippen molar-refractivity contribution < 1.29 is 13.2 Å². The molecule has 2 aliphatic carbocycles. The first-order valence-electron chi connectivity index (χ1n) is 8.60. The molecule has 2 atom stereocenters. The average molecular weight is 447 g/mol. The summed E-state index contributed by atoms with van der Waals surface area (Å²) in [6, 6.07) is -0.124. The molecule has 0 aliphatic heterocycles. The van der Waals surface area contributed by atoms with E-state index in [1.54, 1.807) is 0 Å². The fraction of sp³-hybridized carbons (Fsp3) is 0.938. The van der Waals surface area contributed by atoms with E-state index < -0.39 is 12.1 Å². The van der Waals surface area contributed by atoms with Crippen molar-refractivity contribution in [3.05, 3.63) is 0 Å². The van der Waals surface area contributed by atoms with Gasteiger partial charge in [0, 0.05) is 19.1 Å². The van der Waals surface area contributed by atoms with Crippen LogP contribution >= 0.6 is 24.0 Å². The second-order valence-electron chi connectivity index (χ2n) is 6.59. The molecule has 0 amide bonds. The third kappa shape index (κ3) is 7.94. The van der Waals surface area contributed by atoms with Gasteiger partial charge in [-0.05, 0) is 44.9 Å². The fourth-order valence-corrected chi connectivity index (χ4v) is 3.11. The third-order valence-corrected chi connectivity index (χ3v) is 4.56. The Bertz CT molecular complexity index is 370. The van der Waals surface area contributed by atoms with Crippen LogP contribution in [0, 0.1) is 11.8 Å². The van der Waals surface area contributed by atoms with E-state index in [4.69, 9.17) is 0 Å². The number of alkyl halides is 3. The Labute approximate surface area is 154 Å². The van der Waals surface area contributed by atoms with Crippen LogP contribution < -0.4 is 10.6 Å². The van der Waals surface area contributed by atoms with Gasteiger partial charge in [0.15, 0.2) is 5.96 Å². The Morgan fingerprint density at radius 3 is 2.52 bits per heavy atom. The zero-order valence-electron chi connectivity index (χ0n) is 13.8. The minimum absolute atomic E-state index is 0. The van der Waals surface area contributed by atoms with Gasteiger partial charge in [0.2, 0.25) is 0 Å². The molecule has 0 spiro atoms. The van der Waals surface area contributed by atoms with Crippen LogP contribution in [0.1, 0.15) is 58.3 Å². The highest BCUT2D eigenvalue weighted by Crippen LogP contribution is 2.37. The largest absolute Gasteiger partial charge is 0.391 e. The van der Waals surface area contributed by atoms with E-state index in [2.05, 4.69) is 15.6 Å². The number of halogens is 4. The normalized spacial score (nSPS) is 25.7. The van der Waals surface area contributed by atoms with Gasteiger partial charge >= 0.3 is 6.18 Å². The predicted octanol–water partition coefficient (Wildman–Crippen LogP) is 4.47. The van der Waals surface area contributed by atoms with Crippen LogP contribution in [0.15, 0.2) is 4.99 Å². The molecule has 2 unspecified atom stereocenters. The van der Waals surface area contributed by atoms with Gasteiger partial charge in [0.25, 0.3) is 0 Å². The van der Waals surface area contributed by atoms with Crippen molar-refractivity contribution in [2.75, 3.05) is 13.1 Å². The zero-order valence-corrected chi connectivity index (χ0v) is 16.1. The van der Waals surface area contributed by atoms with Gasteiger partial charge in [-0.15, -0.1) is 24.0 Å². The number of rotatable bonds is 6. The SMILES string of the molecule is CCNC(=NCCCC1CC1)NC1CCCC(C(F)(F)F)C1.I. The van der Waals surface area contributed by atoms with Gasteiger partial charge in [-0.3, -0.25) is 4.99 Å². The summed E-state index contributed by atoms with van der Waals surface area (Å²) in [5.41, 5.74) is 0. The number of nitrogens with zero attached hydrogens (tertiary/aromatic N) is 1. The molecule has 2 saturated carbocycles. The number of aliphatic imine (C=N–C) groups is 1. The van der Waals surface area contributed by atoms with Crippen LogP contribution in [0.2, 0.25) is 0 Å². The lowest BCUT2D eigenvalue weighted by atomic mass is 9.85. The Kier molecular flexibility index (Phi) is 9.00. The van der Waals surface area contributed by atoms with E-state index in [9.17, 15) is 13.2 Å². The number of hydrogen-bond donors (Lipinski definition) is 2. The first-order valence-corrected chi connectivity index (χ1v) is 8.60. The van der Waals surface area contributed by atoms with Crippen molar-refractivity contribution in [2.45, 2.75) is 70.5 Å². The highest BCUT2D eigenvalue weighted by Gasteiger charge is 2.42. The van der Waals surface area contributed by atoms with Gasteiger partial charge in [-0.2, -0.15) is 13.2 Å². The van der Waals surface area contributed by atoms with Crippen LogP contribution in [0.3, 0.4) is 0 Å². The molecule has 3 nitrogen and oxygen atoms in total. The molecule has 0 bridgehead atoms. The molecule has 2 fully saturated rings. The topological polar surface area (TPSA) is 36.4 Å². The van der Waals surface area contributed by atoms with Crippen LogP contribution in [-0.2, 0) is 0 Å². The van der Waals surface area contributed by atoms with Crippen LogP contribution in [0.4, 0.5) is 13.2 Å². The van der Waals surface area contributed by atoms with Crippen molar-refractivity contribution in [3.8, 4) is 0 Å². The summed E-state index contributed by atoms with van der Waals surface area (Å²) in [5, 5.41) is 6.35. The molecule has 7 heteroatoms. The van der Waals surface area contributed by atoms with E-state index in [1.165, 1.54) is 19.3 Å². The van der Waals surface area contributed by atoms with Crippen molar-refractivity contribution in [3.63, 3.8) is 0 Å². The monoisotopic (exact) mass is 447 g/mol. The highest BCUT2D eigenvalue weighted by molar-refractivity contribution is 14.0. The maximum absolute atomic E-state index is 12.9. The number of nitrogens with one attached hydrogen (secondary N) is 2. The second-order valence-corrected chi connectivity index (χ2v) is 6.59. The Balaban J connectivity index is 0.00000264. The van der Waals surface area contributed by atoms with Gasteiger partial charge in [0.05, 0.1) is 5.92 Å². The van der Waals surface area contributed by atoms with E-state index in [-0.39, 0.29) is 42.9 Å². The lowest BCUT2D eigenvalue weighted by molar-refractivity contribution is -0.183. The quantitative estimate of drug-likeness (QED) is 0.273. The Morgan fingerprint density at radius 2 is 1.91 bits per heavy atom. The summed E-state index contributed by atoms with van der Waals surface area (Å²) in [5.74, 6) is 0.402. The van der Waals surface area contributed by atoms with E-state index in [1.807, 2.05) is 6.92 Å². The predicted molar refractivity (Wildman–Crippen MR) is 98.3 cm³/mol. The average Bonchev–Trinajstić information content (AvgIpc) is 3.27. The molecule has 2 N–H and O–H groups in total. The first kappa shape index (κ1) is 20.8. The van der Waals surface area contributed by atoms with Crippen LogP contribution in [0.5, 0.6) is 0 Å². The van der Waals surface area contributed by atoms with Gasteiger partial charge < -0.3 is 10.6 Å². The minimum Gasteiger partial charge on any atom is -0.357 e. The van der Waals surface area contributed by atoms with Gasteiger partial charge in [0.1, 0.15) is 0 Å². The van der Waals surface area contributed by atoms with Gasteiger partial charge in [-0.1, -0.05) is 19.3 Å². The summed E-state index contributed by atoms with van der Waals surface area (Å²) in [6.07, 6.45) is 2.76. The van der Waals surface area contributed by atoms with Crippen molar-refractivity contribution in [1.29, 1.82) is 0 Å². The van der Waals surface area contributed by atoms with Crippen LogP contribution in [0.25, 0.3) is 0 Å². The van der Waals surface area contributed by atoms with E-state index in [0.717, 1.165) is 31.8 Å². The standard InChI is InChI=1S/C16H28F3N3.HI/c1-2-20-15(21-10-4-5-12-8-9-12)22-14-7-3-6-13(11-14)16(17,18)19;/h12-14H,2-11H2,1H3,(H2,20,21,22);1H. The molecule has 23 heavy (non-hydrogen) atoms. The zero-order chi connectivity index (χ0) is 16.0. The maximum atomic E-state index is 12.9. The molecule has 2 rings (SSSR count). The summed E-state index contributed by atoms with van der Waals surface area (Å²) >= 11 is 0. The summed E-state index contributed by atoms with van der Waals surface area (Å²) in [4.78, 5) is 4.51. The first-order chi connectivity index (χ1) is 10.5. The van der Waals surface area contributed by atoms with Crippen LogP contribution in [-0.4, -0.2) is 31.3 Å². The molecule has 2 aliphatic rings. The smallest absolute Gasteiger partial charge is 0.357 e. The fourth-order valence-electron chi connectivity index (χ4n) is 3.11. The number of guanidine groups is 1. The van der Waals surface area contributed by atoms with Crippen molar-refractivity contribution in [2.24, 2.45) is 16.8 Å². The maximum Gasteiger partial charge on any atom is 0.391 e. The Morgan fingerprint density at radius 1 is 1.17 bits per heavy atom. The lowest BCUT2D eigenvalue weighted by Gasteiger charge is -2.31. The van der Waals surface area contributed by atoms with E-state index >= 15 is 0 Å². The number of hydrogen-bond acceptors (Lipinski definition) is 1. The summed E-state index contributed by atoms with van der Waals surface area (Å²) in [6.45, 7) is 3.45. The molecule has 0 saturated heterocycles. The molecule has 0 aromatic carbocycles.